The topological polar surface area (TPSA) is 26.3 Å². The predicted molar refractivity (Wildman–Crippen MR) is 47.2 cm³/mol. The van der Waals surface area contributed by atoms with Crippen molar-refractivity contribution in [3.63, 3.8) is 0 Å². The van der Waals surface area contributed by atoms with Crippen LogP contribution in [0.3, 0.4) is 0 Å². The van der Waals surface area contributed by atoms with E-state index in [9.17, 15) is 4.79 Å². The number of cyclic esters (lactones) is 1. The fraction of sp³-hybridized carbons (Fsp3) is 0.857. The van der Waals surface area contributed by atoms with Gasteiger partial charge in [-0.25, -0.2) is 0 Å². The number of carbonyl (C=O) groups excluding carboxylic acids is 1. The Morgan fingerprint density at radius 2 is 2.50 bits per heavy atom. The second-order valence-electron chi connectivity index (χ2n) is 2.48. The maximum atomic E-state index is 10.6. The van der Waals surface area contributed by atoms with Crippen LogP contribution in [-0.2, 0) is 9.53 Å². The second-order valence-corrected chi connectivity index (χ2v) is 3.56. The van der Waals surface area contributed by atoms with Crippen LogP contribution in [0.5, 0.6) is 0 Å². The highest BCUT2D eigenvalue weighted by atomic mass is 127. The molecule has 3 heteroatoms. The molecule has 10 heavy (non-hydrogen) atoms. The van der Waals surface area contributed by atoms with Crippen molar-refractivity contribution in [3.8, 4) is 0 Å². The molecule has 1 saturated heterocycles. The zero-order chi connectivity index (χ0) is 7.40. The van der Waals surface area contributed by atoms with E-state index in [0.717, 1.165) is 17.3 Å². The van der Waals surface area contributed by atoms with Gasteiger partial charge >= 0.3 is 5.97 Å². The van der Waals surface area contributed by atoms with Crippen molar-refractivity contribution in [2.24, 2.45) is 0 Å². The molecule has 0 radical (unpaired) electrons. The molecule has 0 aliphatic carbocycles. The highest BCUT2D eigenvalue weighted by molar-refractivity contribution is 14.1. The van der Waals surface area contributed by atoms with E-state index >= 15 is 0 Å². The monoisotopic (exact) mass is 254 g/mol. The minimum Gasteiger partial charge on any atom is -0.462 e. The number of rotatable bonds is 3. The summed E-state index contributed by atoms with van der Waals surface area (Å²) in [7, 11) is 0. The highest BCUT2D eigenvalue weighted by Gasteiger charge is 2.21. The maximum absolute atomic E-state index is 10.6. The molecule has 1 aliphatic rings. The Balaban J connectivity index is 2.12. The first kappa shape index (κ1) is 8.30. The smallest absolute Gasteiger partial charge is 0.306 e. The van der Waals surface area contributed by atoms with E-state index in [1.165, 1.54) is 6.42 Å². The number of hydrogen-bond acceptors (Lipinski definition) is 2. The van der Waals surface area contributed by atoms with Crippen LogP contribution >= 0.6 is 22.6 Å². The lowest BCUT2D eigenvalue weighted by atomic mass is 10.1. The van der Waals surface area contributed by atoms with Gasteiger partial charge in [-0.1, -0.05) is 22.6 Å². The van der Waals surface area contributed by atoms with Gasteiger partial charge in [-0.05, 0) is 23.7 Å². The summed E-state index contributed by atoms with van der Waals surface area (Å²) in [6, 6.07) is 0. The van der Waals surface area contributed by atoms with Gasteiger partial charge in [-0.2, -0.15) is 0 Å². The third-order valence-corrected chi connectivity index (χ3v) is 2.39. The third kappa shape index (κ3) is 2.44. The molecule has 1 heterocycles. The largest absolute Gasteiger partial charge is 0.462 e. The number of esters is 1. The predicted octanol–water partition coefficient (Wildman–Crippen LogP) is 1.91. The second kappa shape index (κ2) is 4.16. The van der Waals surface area contributed by atoms with Crippen LogP contribution in [0.1, 0.15) is 25.7 Å². The third-order valence-electron chi connectivity index (χ3n) is 1.63. The van der Waals surface area contributed by atoms with E-state index in [2.05, 4.69) is 22.6 Å². The SMILES string of the molecule is O=C1CCC(CCCI)O1. The van der Waals surface area contributed by atoms with E-state index in [0.29, 0.717) is 6.42 Å². The molecule has 0 aromatic carbocycles. The Hall–Kier alpha value is 0.200. The van der Waals surface area contributed by atoms with Gasteiger partial charge in [0, 0.05) is 6.42 Å². The Labute approximate surface area is 74.5 Å². The van der Waals surface area contributed by atoms with Crippen molar-refractivity contribution < 1.29 is 9.53 Å². The fourth-order valence-electron chi connectivity index (χ4n) is 1.09. The molecule has 2 nitrogen and oxygen atoms in total. The van der Waals surface area contributed by atoms with Crippen LogP contribution in [-0.4, -0.2) is 16.5 Å². The minimum absolute atomic E-state index is 0.0153. The zero-order valence-electron chi connectivity index (χ0n) is 5.81. The van der Waals surface area contributed by atoms with Crippen LogP contribution in [0.2, 0.25) is 0 Å². The summed E-state index contributed by atoms with van der Waals surface area (Å²) in [6.07, 6.45) is 4.02. The van der Waals surface area contributed by atoms with E-state index in [4.69, 9.17) is 4.74 Å². The molecule has 58 valence electrons. The molecule has 1 atom stereocenters. The van der Waals surface area contributed by atoms with Crippen molar-refractivity contribution in [2.45, 2.75) is 31.8 Å². The number of carbonyl (C=O) groups is 1. The van der Waals surface area contributed by atoms with Crippen molar-refractivity contribution in [1.29, 1.82) is 0 Å². The number of halogens is 1. The number of hydrogen-bond donors (Lipinski definition) is 0. The average Bonchev–Trinajstić information content (AvgIpc) is 2.31. The molecule has 0 aromatic rings. The Morgan fingerprint density at radius 1 is 1.70 bits per heavy atom. The van der Waals surface area contributed by atoms with Crippen LogP contribution in [0.15, 0.2) is 0 Å². The Bertz CT molecular complexity index is 125. The summed E-state index contributed by atoms with van der Waals surface area (Å²) in [5.74, 6) is -0.0153. The fourth-order valence-corrected chi connectivity index (χ4v) is 1.53. The summed E-state index contributed by atoms with van der Waals surface area (Å²) in [4.78, 5) is 10.6. The zero-order valence-corrected chi connectivity index (χ0v) is 7.96. The lowest BCUT2D eigenvalue weighted by Crippen LogP contribution is -2.06. The summed E-state index contributed by atoms with van der Waals surface area (Å²) in [6.45, 7) is 0. The summed E-state index contributed by atoms with van der Waals surface area (Å²) < 4.78 is 6.18. The Kier molecular flexibility index (Phi) is 3.45. The molecule has 0 aromatic heterocycles. The first-order chi connectivity index (χ1) is 4.83. The normalized spacial score (nSPS) is 24.9. The molecule has 0 N–H and O–H groups in total. The van der Waals surface area contributed by atoms with E-state index in [1.54, 1.807) is 0 Å². The van der Waals surface area contributed by atoms with Gasteiger partial charge < -0.3 is 4.74 Å². The van der Waals surface area contributed by atoms with Crippen molar-refractivity contribution >= 4 is 28.6 Å². The van der Waals surface area contributed by atoms with E-state index in [-0.39, 0.29) is 12.1 Å². The molecule has 0 bridgehead atoms. The minimum atomic E-state index is -0.0153. The van der Waals surface area contributed by atoms with Crippen LogP contribution < -0.4 is 0 Å². The van der Waals surface area contributed by atoms with Crippen LogP contribution in [0.25, 0.3) is 0 Å². The first-order valence-corrected chi connectivity index (χ1v) is 5.11. The quantitative estimate of drug-likeness (QED) is 0.437. The molecule has 1 unspecified atom stereocenters. The molecule has 1 fully saturated rings. The van der Waals surface area contributed by atoms with Gasteiger partial charge in [0.15, 0.2) is 0 Å². The first-order valence-electron chi connectivity index (χ1n) is 3.58. The molecule has 1 rings (SSSR count). The number of ether oxygens (including phenoxy) is 1. The molecule has 0 saturated carbocycles. The van der Waals surface area contributed by atoms with E-state index < -0.39 is 0 Å². The molecule has 0 spiro atoms. The van der Waals surface area contributed by atoms with Gasteiger partial charge in [-0.3, -0.25) is 4.79 Å². The van der Waals surface area contributed by atoms with Crippen molar-refractivity contribution in [1.82, 2.24) is 0 Å². The molecule has 1 aliphatic heterocycles. The lowest BCUT2D eigenvalue weighted by molar-refractivity contribution is -0.141. The van der Waals surface area contributed by atoms with Gasteiger partial charge in [0.2, 0.25) is 0 Å². The molecular formula is C7H11IO2. The van der Waals surface area contributed by atoms with Crippen LogP contribution in [0, 0.1) is 0 Å². The van der Waals surface area contributed by atoms with Crippen molar-refractivity contribution in [2.75, 3.05) is 4.43 Å². The molecule has 0 amide bonds. The standard InChI is InChI=1S/C7H11IO2/c8-5-1-2-6-3-4-7(9)10-6/h6H,1-5H2. The Morgan fingerprint density at radius 3 is 3.00 bits per heavy atom. The number of alkyl halides is 1. The van der Waals surface area contributed by atoms with Crippen LogP contribution in [0.4, 0.5) is 0 Å². The summed E-state index contributed by atoms with van der Waals surface area (Å²) in [5, 5.41) is 0. The van der Waals surface area contributed by atoms with Gasteiger partial charge in [0.1, 0.15) is 6.10 Å². The van der Waals surface area contributed by atoms with Gasteiger partial charge in [0.05, 0.1) is 0 Å². The van der Waals surface area contributed by atoms with Crippen molar-refractivity contribution in [3.05, 3.63) is 0 Å². The highest BCUT2D eigenvalue weighted by Crippen LogP contribution is 2.18. The average molecular weight is 254 g/mol. The lowest BCUT2D eigenvalue weighted by Gasteiger charge is -2.05. The van der Waals surface area contributed by atoms with Gasteiger partial charge in [0.25, 0.3) is 0 Å². The summed E-state index contributed by atoms with van der Waals surface area (Å²) >= 11 is 2.34. The van der Waals surface area contributed by atoms with E-state index in [1.807, 2.05) is 0 Å². The summed E-state index contributed by atoms with van der Waals surface area (Å²) in [5.41, 5.74) is 0. The molecular weight excluding hydrogens is 243 g/mol. The maximum Gasteiger partial charge on any atom is 0.306 e. The van der Waals surface area contributed by atoms with Gasteiger partial charge in [-0.15, -0.1) is 0 Å².